The number of aliphatic carboxylic acids is 1. The monoisotopic (exact) mass is 224 g/mol. The molecule has 0 fully saturated rings. The molecular weight excluding hydrogens is 207 g/mol. The van der Waals surface area contributed by atoms with Gasteiger partial charge in [0.25, 0.3) is 0 Å². The molecular formula is C13H17FO2. The first-order valence-corrected chi connectivity index (χ1v) is 5.44. The van der Waals surface area contributed by atoms with Crippen molar-refractivity contribution in [3.8, 4) is 0 Å². The molecule has 1 aromatic carbocycles. The van der Waals surface area contributed by atoms with Crippen LogP contribution >= 0.6 is 0 Å². The van der Waals surface area contributed by atoms with E-state index in [4.69, 9.17) is 5.11 Å². The van der Waals surface area contributed by atoms with Gasteiger partial charge in [-0.3, -0.25) is 0 Å². The van der Waals surface area contributed by atoms with Crippen LogP contribution in [0.4, 0.5) is 4.39 Å². The van der Waals surface area contributed by atoms with Crippen LogP contribution in [-0.4, -0.2) is 17.2 Å². The van der Waals surface area contributed by atoms with Crippen molar-refractivity contribution in [1.82, 2.24) is 0 Å². The average Bonchev–Trinajstić information content (AvgIpc) is 2.26. The van der Waals surface area contributed by atoms with E-state index in [0.717, 1.165) is 5.56 Å². The third-order valence-corrected chi connectivity index (χ3v) is 2.54. The predicted molar refractivity (Wildman–Crippen MR) is 61.2 cm³/mol. The Morgan fingerprint density at radius 1 is 1.31 bits per heavy atom. The zero-order valence-electron chi connectivity index (χ0n) is 9.56. The van der Waals surface area contributed by atoms with Gasteiger partial charge in [0, 0.05) is 5.92 Å². The highest BCUT2D eigenvalue weighted by Gasteiger charge is 2.29. The molecule has 1 N–H and O–H groups in total. The van der Waals surface area contributed by atoms with Gasteiger partial charge >= 0.3 is 5.97 Å². The van der Waals surface area contributed by atoms with Crippen molar-refractivity contribution in [1.29, 1.82) is 0 Å². The van der Waals surface area contributed by atoms with Crippen molar-refractivity contribution in [3.05, 3.63) is 35.9 Å². The number of carboxylic acid groups (broad SMARTS) is 1. The Labute approximate surface area is 95.1 Å². The van der Waals surface area contributed by atoms with Gasteiger partial charge in [-0.25, -0.2) is 9.18 Å². The minimum atomic E-state index is -1.83. The number of carboxylic acids is 1. The fourth-order valence-electron chi connectivity index (χ4n) is 1.80. The largest absolute Gasteiger partial charge is 0.479 e. The number of halogens is 1. The van der Waals surface area contributed by atoms with E-state index in [-0.39, 0.29) is 5.92 Å². The molecule has 0 saturated heterocycles. The molecule has 2 atom stereocenters. The van der Waals surface area contributed by atoms with Crippen molar-refractivity contribution in [2.75, 3.05) is 0 Å². The normalized spacial score (nSPS) is 14.8. The molecule has 0 aliphatic rings. The van der Waals surface area contributed by atoms with Gasteiger partial charge in [0.1, 0.15) is 0 Å². The number of alkyl halides is 1. The molecule has 0 amide bonds. The Balaban J connectivity index is 2.92. The van der Waals surface area contributed by atoms with Crippen molar-refractivity contribution in [2.24, 2.45) is 5.92 Å². The van der Waals surface area contributed by atoms with E-state index in [1.54, 1.807) is 24.3 Å². The third kappa shape index (κ3) is 3.33. The number of hydrogen-bond acceptors (Lipinski definition) is 1. The molecule has 3 heteroatoms. The Kier molecular flexibility index (Phi) is 4.47. The molecule has 88 valence electrons. The van der Waals surface area contributed by atoms with Crippen LogP contribution in [0.25, 0.3) is 0 Å². The van der Waals surface area contributed by atoms with Crippen LogP contribution in [0, 0.1) is 5.92 Å². The average molecular weight is 224 g/mol. The van der Waals surface area contributed by atoms with Gasteiger partial charge in [-0.15, -0.1) is 0 Å². The molecule has 2 nitrogen and oxygen atoms in total. The summed E-state index contributed by atoms with van der Waals surface area (Å²) in [5.41, 5.74) is 0.756. The van der Waals surface area contributed by atoms with Gasteiger partial charge < -0.3 is 5.11 Å². The van der Waals surface area contributed by atoms with E-state index >= 15 is 0 Å². The molecule has 0 radical (unpaired) electrons. The van der Waals surface area contributed by atoms with E-state index < -0.39 is 18.1 Å². The molecule has 0 aromatic heterocycles. The molecule has 16 heavy (non-hydrogen) atoms. The molecule has 0 heterocycles. The Morgan fingerprint density at radius 3 is 2.31 bits per heavy atom. The van der Waals surface area contributed by atoms with Crippen molar-refractivity contribution in [2.45, 2.75) is 32.4 Å². The minimum Gasteiger partial charge on any atom is -0.479 e. The summed E-state index contributed by atoms with van der Waals surface area (Å²) in [6, 6.07) is 9.00. The highest BCUT2D eigenvalue weighted by atomic mass is 19.1. The highest BCUT2D eigenvalue weighted by Crippen LogP contribution is 2.29. The first kappa shape index (κ1) is 12.7. The standard InChI is InChI=1S/C13H17FO2/c1-9(2)8-11(12(14)13(15)16)10-6-4-3-5-7-10/h3-7,9,11-12H,8H2,1-2H3,(H,15,16). The summed E-state index contributed by atoms with van der Waals surface area (Å²) in [5, 5.41) is 8.75. The Bertz CT molecular complexity index is 335. The number of carbonyl (C=O) groups is 1. The quantitative estimate of drug-likeness (QED) is 0.833. The van der Waals surface area contributed by atoms with Crippen molar-refractivity contribution >= 4 is 5.97 Å². The van der Waals surface area contributed by atoms with Crippen LogP contribution in [0.15, 0.2) is 30.3 Å². The second-order valence-corrected chi connectivity index (χ2v) is 4.39. The Hall–Kier alpha value is -1.38. The molecule has 1 aromatic rings. The third-order valence-electron chi connectivity index (χ3n) is 2.54. The molecule has 0 bridgehead atoms. The van der Waals surface area contributed by atoms with Gasteiger partial charge in [-0.2, -0.15) is 0 Å². The second kappa shape index (κ2) is 5.64. The summed E-state index contributed by atoms with van der Waals surface area (Å²) in [4.78, 5) is 10.7. The number of rotatable bonds is 5. The fraction of sp³-hybridized carbons (Fsp3) is 0.462. The maximum Gasteiger partial charge on any atom is 0.338 e. The summed E-state index contributed by atoms with van der Waals surface area (Å²) >= 11 is 0. The zero-order valence-corrected chi connectivity index (χ0v) is 9.56. The lowest BCUT2D eigenvalue weighted by molar-refractivity contribution is -0.143. The molecule has 0 aliphatic carbocycles. The summed E-state index contributed by atoms with van der Waals surface area (Å²) in [7, 11) is 0. The summed E-state index contributed by atoms with van der Waals surface area (Å²) in [6.07, 6.45) is -1.29. The van der Waals surface area contributed by atoms with Crippen LogP contribution in [-0.2, 0) is 4.79 Å². The minimum absolute atomic E-state index is 0.266. The lowest BCUT2D eigenvalue weighted by atomic mass is 9.87. The van der Waals surface area contributed by atoms with E-state index in [0.29, 0.717) is 6.42 Å². The topological polar surface area (TPSA) is 37.3 Å². The van der Waals surface area contributed by atoms with Crippen LogP contribution in [0.1, 0.15) is 31.7 Å². The predicted octanol–water partition coefficient (Wildman–Crippen LogP) is 3.24. The molecule has 2 unspecified atom stereocenters. The zero-order chi connectivity index (χ0) is 12.1. The highest BCUT2D eigenvalue weighted by molar-refractivity contribution is 5.73. The van der Waals surface area contributed by atoms with Gasteiger partial charge in [-0.05, 0) is 17.9 Å². The van der Waals surface area contributed by atoms with Crippen LogP contribution in [0.3, 0.4) is 0 Å². The summed E-state index contributed by atoms with van der Waals surface area (Å²) in [5.74, 6) is -1.67. The number of benzene rings is 1. The fourth-order valence-corrected chi connectivity index (χ4v) is 1.80. The SMILES string of the molecule is CC(C)CC(c1ccccc1)C(F)C(=O)O. The van der Waals surface area contributed by atoms with Crippen molar-refractivity contribution < 1.29 is 14.3 Å². The molecule has 0 spiro atoms. The van der Waals surface area contributed by atoms with Crippen LogP contribution < -0.4 is 0 Å². The maximum atomic E-state index is 13.6. The van der Waals surface area contributed by atoms with Crippen LogP contribution in [0.2, 0.25) is 0 Å². The first-order valence-electron chi connectivity index (χ1n) is 5.44. The van der Waals surface area contributed by atoms with Gasteiger partial charge in [-0.1, -0.05) is 44.2 Å². The second-order valence-electron chi connectivity index (χ2n) is 4.39. The van der Waals surface area contributed by atoms with E-state index in [2.05, 4.69) is 0 Å². The van der Waals surface area contributed by atoms with E-state index in [1.807, 2.05) is 19.9 Å². The molecule has 0 aliphatic heterocycles. The summed E-state index contributed by atoms with van der Waals surface area (Å²) < 4.78 is 13.6. The summed E-state index contributed by atoms with van der Waals surface area (Å²) in [6.45, 7) is 3.93. The van der Waals surface area contributed by atoms with Crippen LogP contribution in [0.5, 0.6) is 0 Å². The Morgan fingerprint density at radius 2 is 1.88 bits per heavy atom. The van der Waals surface area contributed by atoms with E-state index in [1.165, 1.54) is 0 Å². The smallest absolute Gasteiger partial charge is 0.338 e. The number of hydrogen-bond donors (Lipinski definition) is 1. The molecule has 1 rings (SSSR count). The van der Waals surface area contributed by atoms with Gasteiger partial charge in [0.05, 0.1) is 0 Å². The lowest BCUT2D eigenvalue weighted by Gasteiger charge is -2.20. The first-order chi connectivity index (χ1) is 7.52. The maximum absolute atomic E-state index is 13.6. The lowest BCUT2D eigenvalue weighted by Crippen LogP contribution is -2.24. The molecule has 0 saturated carbocycles. The van der Waals surface area contributed by atoms with E-state index in [9.17, 15) is 9.18 Å². The van der Waals surface area contributed by atoms with Gasteiger partial charge in [0.2, 0.25) is 6.17 Å². The van der Waals surface area contributed by atoms with Gasteiger partial charge in [0.15, 0.2) is 0 Å². The van der Waals surface area contributed by atoms with Crippen molar-refractivity contribution in [3.63, 3.8) is 0 Å².